The molecular formula is C51H32N2S. The smallest absolute Gasteiger partial charge is 0.160 e. The van der Waals surface area contributed by atoms with Crippen molar-refractivity contribution >= 4 is 22.5 Å². The van der Waals surface area contributed by atoms with Crippen molar-refractivity contribution < 1.29 is 0 Å². The maximum Gasteiger partial charge on any atom is 0.160 e. The van der Waals surface area contributed by atoms with Gasteiger partial charge in [0.05, 0.1) is 16.8 Å². The minimum absolute atomic E-state index is 0.399. The van der Waals surface area contributed by atoms with Gasteiger partial charge in [-0.3, -0.25) is 0 Å². The first-order valence-electron chi connectivity index (χ1n) is 18.4. The first-order valence-corrected chi connectivity index (χ1v) is 19.2. The Hall–Kier alpha value is -6.55. The molecule has 1 spiro atoms. The van der Waals surface area contributed by atoms with Crippen LogP contribution in [-0.4, -0.2) is 9.97 Å². The highest BCUT2D eigenvalue weighted by atomic mass is 32.2. The monoisotopic (exact) mass is 704 g/mol. The lowest BCUT2D eigenvalue weighted by Gasteiger charge is -2.40. The van der Waals surface area contributed by atoms with Gasteiger partial charge >= 0.3 is 0 Å². The zero-order valence-corrected chi connectivity index (χ0v) is 30.1. The summed E-state index contributed by atoms with van der Waals surface area (Å²) in [7, 11) is 0. The minimum Gasteiger partial charge on any atom is -0.228 e. The predicted octanol–water partition coefficient (Wildman–Crippen LogP) is 13.1. The molecule has 0 bridgehead atoms. The van der Waals surface area contributed by atoms with Crippen LogP contribution in [0.1, 0.15) is 22.3 Å². The lowest BCUT2D eigenvalue weighted by Crippen LogP contribution is -2.32. The molecule has 0 saturated heterocycles. The van der Waals surface area contributed by atoms with Gasteiger partial charge in [-0.05, 0) is 67.4 Å². The van der Waals surface area contributed by atoms with Gasteiger partial charge in [0.2, 0.25) is 0 Å². The van der Waals surface area contributed by atoms with Crippen molar-refractivity contribution in [3.8, 4) is 56.2 Å². The van der Waals surface area contributed by atoms with Gasteiger partial charge in [0, 0.05) is 26.5 Å². The predicted molar refractivity (Wildman–Crippen MR) is 223 cm³/mol. The summed E-state index contributed by atoms with van der Waals surface area (Å²) in [5.41, 5.74) is 15.0. The molecule has 2 nitrogen and oxygen atoms in total. The Morgan fingerprint density at radius 1 is 0.370 bits per heavy atom. The van der Waals surface area contributed by atoms with Crippen LogP contribution in [0.2, 0.25) is 0 Å². The SMILES string of the molecule is c1ccc(-c2cc(-c3cccc4ccccc34)nc(-c3ccc(-c4cccc5c4Sc4ccccc4C54c5ccccc5-c5ccccc54)cc3)n2)cc1. The molecule has 0 N–H and O–H groups in total. The van der Waals surface area contributed by atoms with Crippen LogP contribution in [0.15, 0.2) is 204 Å². The number of benzene rings is 8. The van der Waals surface area contributed by atoms with Crippen LogP contribution < -0.4 is 0 Å². The topological polar surface area (TPSA) is 25.8 Å². The van der Waals surface area contributed by atoms with Crippen LogP contribution in [0.4, 0.5) is 0 Å². The second-order valence-electron chi connectivity index (χ2n) is 14.1. The van der Waals surface area contributed by atoms with Crippen LogP contribution in [0.3, 0.4) is 0 Å². The molecule has 0 saturated carbocycles. The zero-order valence-electron chi connectivity index (χ0n) is 29.3. The van der Waals surface area contributed by atoms with E-state index in [4.69, 9.17) is 9.97 Å². The Morgan fingerprint density at radius 2 is 0.926 bits per heavy atom. The van der Waals surface area contributed by atoms with Gasteiger partial charge < -0.3 is 0 Å². The molecule has 1 aliphatic carbocycles. The van der Waals surface area contributed by atoms with Gasteiger partial charge in [0.25, 0.3) is 0 Å². The molecule has 2 aliphatic rings. The van der Waals surface area contributed by atoms with Crippen LogP contribution in [-0.2, 0) is 5.41 Å². The number of hydrogen-bond acceptors (Lipinski definition) is 3. The molecule has 1 aromatic heterocycles. The maximum absolute atomic E-state index is 5.22. The molecule has 252 valence electrons. The largest absolute Gasteiger partial charge is 0.228 e. The third kappa shape index (κ3) is 4.62. The van der Waals surface area contributed by atoms with E-state index < -0.39 is 5.41 Å². The van der Waals surface area contributed by atoms with Crippen molar-refractivity contribution in [2.75, 3.05) is 0 Å². The van der Waals surface area contributed by atoms with Crippen molar-refractivity contribution in [3.05, 3.63) is 216 Å². The quantitative estimate of drug-likeness (QED) is 0.182. The summed E-state index contributed by atoms with van der Waals surface area (Å²) >= 11 is 1.89. The van der Waals surface area contributed by atoms with Crippen LogP contribution in [0.5, 0.6) is 0 Å². The van der Waals surface area contributed by atoms with Gasteiger partial charge in [-0.25, -0.2) is 9.97 Å². The Kier molecular flexibility index (Phi) is 7.05. The summed E-state index contributed by atoms with van der Waals surface area (Å²) in [6.07, 6.45) is 0. The van der Waals surface area contributed by atoms with Crippen molar-refractivity contribution in [2.45, 2.75) is 15.2 Å². The first kappa shape index (κ1) is 31.0. The van der Waals surface area contributed by atoms with Crippen molar-refractivity contribution in [1.82, 2.24) is 9.97 Å². The van der Waals surface area contributed by atoms with E-state index in [2.05, 4.69) is 188 Å². The molecule has 3 heteroatoms. The maximum atomic E-state index is 5.22. The molecule has 11 rings (SSSR count). The summed E-state index contributed by atoms with van der Waals surface area (Å²) in [6.45, 7) is 0. The molecule has 8 aromatic carbocycles. The van der Waals surface area contributed by atoms with Gasteiger partial charge in [-0.1, -0.05) is 194 Å². The van der Waals surface area contributed by atoms with E-state index >= 15 is 0 Å². The van der Waals surface area contributed by atoms with E-state index in [1.54, 1.807) is 0 Å². The van der Waals surface area contributed by atoms with Crippen LogP contribution >= 0.6 is 11.8 Å². The molecule has 0 atom stereocenters. The van der Waals surface area contributed by atoms with Crippen molar-refractivity contribution in [3.63, 3.8) is 0 Å². The minimum atomic E-state index is -0.399. The number of aromatic nitrogens is 2. The normalized spacial score (nSPS) is 13.3. The van der Waals surface area contributed by atoms with E-state index in [1.165, 1.54) is 65.1 Å². The van der Waals surface area contributed by atoms with Crippen molar-refractivity contribution in [2.24, 2.45) is 0 Å². The third-order valence-corrected chi connectivity index (χ3v) is 12.4. The second-order valence-corrected chi connectivity index (χ2v) is 15.1. The van der Waals surface area contributed by atoms with Gasteiger partial charge in [0.1, 0.15) is 0 Å². The first-order chi connectivity index (χ1) is 26.8. The van der Waals surface area contributed by atoms with E-state index in [-0.39, 0.29) is 0 Å². The lowest BCUT2D eigenvalue weighted by atomic mass is 9.67. The molecule has 2 heterocycles. The highest BCUT2D eigenvalue weighted by molar-refractivity contribution is 7.99. The average molecular weight is 705 g/mol. The molecular weight excluding hydrogens is 673 g/mol. The van der Waals surface area contributed by atoms with Gasteiger partial charge in [-0.15, -0.1) is 0 Å². The number of rotatable bonds is 4. The number of nitrogens with zero attached hydrogens (tertiary/aromatic N) is 2. The zero-order chi connectivity index (χ0) is 35.6. The molecule has 0 unspecified atom stereocenters. The Morgan fingerprint density at radius 3 is 1.72 bits per heavy atom. The van der Waals surface area contributed by atoms with E-state index in [0.29, 0.717) is 5.82 Å². The Bertz CT molecular complexity index is 2860. The van der Waals surface area contributed by atoms with E-state index in [1.807, 2.05) is 17.8 Å². The molecule has 0 amide bonds. The second kappa shape index (κ2) is 12.3. The fraction of sp³-hybridized carbons (Fsp3) is 0.0196. The number of hydrogen-bond donors (Lipinski definition) is 0. The van der Waals surface area contributed by atoms with E-state index in [0.717, 1.165) is 28.1 Å². The highest BCUT2D eigenvalue weighted by Gasteiger charge is 2.50. The summed E-state index contributed by atoms with van der Waals surface area (Å²) < 4.78 is 0. The summed E-state index contributed by atoms with van der Waals surface area (Å²) in [4.78, 5) is 13.0. The lowest BCUT2D eigenvalue weighted by molar-refractivity contribution is 0.723. The molecule has 54 heavy (non-hydrogen) atoms. The summed E-state index contributed by atoms with van der Waals surface area (Å²) in [5.74, 6) is 0.711. The van der Waals surface area contributed by atoms with Crippen molar-refractivity contribution in [1.29, 1.82) is 0 Å². The molecule has 0 radical (unpaired) electrons. The fourth-order valence-electron chi connectivity index (χ4n) is 8.82. The third-order valence-electron chi connectivity index (χ3n) is 11.2. The molecule has 9 aromatic rings. The molecule has 1 aliphatic heterocycles. The highest BCUT2D eigenvalue weighted by Crippen LogP contribution is 2.63. The van der Waals surface area contributed by atoms with Gasteiger partial charge in [-0.2, -0.15) is 0 Å². The summed E-state index contributed by atoms with van der Waals surface area (Å²) in [5, 5.41) is 2.37. The fourth-order valence-corrected chi connectivity index (χ4v) is 10.1. The number of fused-ring (bicyclic) bond motifs is 10. The van der Waals surface area contributed by atoms with Crippen LogP contribution in [0.25, 0.3) is 66.9 Å². The van der Waals surface area contributed by atoms with E-state index in [9.17, 15) is 0 Å². The standard InChI is InChI=1S/C51H32N2S/c1-2-15-35(16-3-1)46-32-47(41-22-12-17-33-14-4-5-18-37(33)41)53-50(52-46)36-30-28-34(29-31-36)38-21-13-26-45-49(38)54-48-27-11-10-25-44(48)51(45)42-23-8-6-19-39(42)40-20-7-9-24-43(40)51/h1-32H. The average Bonchev–Trinajstić information content (AvgIpc) is 3.54. The summed E-state index contributed by atoms with van der Waals surface area (Å²) in [6, 6.07) is 70.1. The Balaban J connectivity index is 1.07. The Labute approximate surface area is 318 Å². The van der Waals surface area contributed by atoms with Gasteiger partial charge in [0.15, 0.2) is 5.82 Å². The molecule has 0 fully saturated rings. The van der Waals surface area contributed by atoms with Crippen LogP contribution in [0, 0.1) is 0 Å².